The molecule has 1 aliphatic rings. The summed E-state index contributed by atoms with van der Waals surface area (Å²) in [5.74, 6) is 0.706. The van der Waals surface area contributed by atoms with Gasteiger partial charge in [-0.2, -0.15) is 0 Å². The minimum atomic E-state index is -0.535. The molecule has 0 bridgehead atoms. The van der Waals surface area contributed by atoms with E-state index < -0.39 is 5.41 Å². The van der Waals surface area contributed by atoms with Crippen LogP contribution in [0.4, 0.5) is 0 Å². The van der Waals surface area contributed by atoms with Crippen molar-refractivity contribution in [1.29, 1.82) is 0 Å². The summed E-state index contributed by atoms with van der Waals surface area (Å²) in [5, 5.41) is 7.22. The van der Waals surface area contributed by atoms with Crippen molar-refractivity contribution in [2.45, 2.75) is 5.41 Å². The Bertz CT molecular complexity index is 3740. The molecular formula is C65H42N2. The minimum absolute atomic E-state index is 0.535. The molecule has 2 nitrogen and oxygen atoms in total. The number of hydrogen-bond acceptors (Lipinski definition) is 2. The van der Waals surface area contributed by atoms with Crippen LogP contribution in [0.1, 0.15) is 22.3 Å². The van der Waals surface area contributed by atoms with Gasteiger partial charge in [-0.05, 0) is 106 Å². The second-order valence-corrected chi connectivity index (χ2v) is 17.6. The molecule has 0 unspecified atom stereocenters. The summed E-state index contributed by atoms with van der Waals surface area (Å²) in [6, 6.07) is 92.6. The number of fused-ring (bicyclic) bond motifs is 7. The molecule has 0 aliphatic heterocycles. The van der Waals surface area contributed by atoms with E-state index >= 15 is 0 Å². The number of hydrogen-bond donors (Lipinski definition) is 0. The van der Waals surface area contributed by atoms with Gasteiger partial charge in [0.25, 0.3) is 0 Å². The van der Waals surface area contributed by atoms with Crippen molar-refractivity contribution in [3.63, 3.8) is 0 Å². The molecule has 1 heterocycles. The largest absolute Gasteiger partial charge is 0.228 e. The fraction of sp³-hybridized carbons (Fsp3) is 0.0154. The molecule has 0 saturated carbocycles. The number of aromatic nitrogens is 2. The lowest BCUT2D eigenvalue weighted by Crippen LogP contribution is -2.28. The molecule has 12 aromatic rings. The third-order valence-electron chi connectivity index (χ3n) is 14.0. The van der Waals surface area contributed by atoms with Gasteiger partial charge in [-0.3, -0.25) is 0 Å². The van der Waals surface area contributed by atoms with E-state index in [1.165, 1.54) is 77.2 Å². The molecule has 0 saturated heterocycles. The second kappa shape index (κ2) is 15.8. The SMILES string of the molecule is c1ccc(-c2cc(-c3ccccc3)nc(-c3ccc(-c4ccc(-c5ccc6c(c5)C(c5ccccc5)(c5ccccc5)c5c-6ccc6ccccc56)c5ccccc45)c4ccccc34)n2)cc1. The maximum atomic E-state index is 5.24. The molecule has 13 rings (SSSR count). The molecule has 1 aliphatic carbocycles. The van der Waals surface area contributed by atoms with Gasteiger partial charge in [0.15, 0.2) is 5.82 Å². The maximum Gasteiger partial charge on any atom is 0.161 e. The molecule has 312 valence electrons. The fourth-order valence-corrected chi connectivity index (χ4v) is 11.0. The Labute approximate surface area is 390 Å². The van der Waals surface area contributed by atoms with Gasteiger partial charge < -0.3 is 0 Å². The summed E-state index contributed by atoms with van der Waals surface area (Å²) in [5.41, 5.74) is 16.9. The van der Waals surface area contributed by atoms with Crippen LogP contribution in [-0.2, 0) is 5.41 Å². The van der Waals surface area contributed by atoms with Gasteiger partial charge in [-0.1, -0.05) is 237 Å². The Balaban J connectivity index is 0.989. The van der Waals surface area contributed by atoms with Crippen LogP contribution in [0.5, 0.6) is 0 Å². The van der Waals surface area contributed by atoms with E-state index in [1.54, 1.807) is 0 Å². The zero-order valence-electron chi connectivity index (χ0n) is 36.6. The summed E-state index contributed by atoms with van der Waals surface area (Å²) < 4.78 is 0. The predicted molar refractivity (Wildman–Crippen MR) is 279 cm³/mol. The molecule has 0 spiro atoms. The molecule has 0 atom stereocenters. The number of benzene rings is 11. The third kappa shape index (κ3) is 6.18. The topological polar surface area (TPSA) is 25.8 Å². The van der Waals surface area contributed by atoms with Gasteiger partial charge in [0, 0.05) is 16.7 Å². The van der Waals surface area contributed by atoms with Crippen molar-refractivity contribution < 1.29 is 0 Å². The molecular weight excluding hydrogens is 809 g/mol. The lowest BCUT2D eigenvalue weighted by atomic mass is 9.66. The molecule has 11 aromatic carbocycles. The monoisotopic (exact) mass is 850 g/mol. The Morgan fingerprint density at radius 1 is 0.269 bits per heavy atom. The molecule has 0 radical (unpaired) electrons. The van der Waals surface area contributed by atoms with E-state index in [-0.39, 0.29) is 0 Å². The van der Waals surface area contributed by atoms with Crippen LogP contribution in [0.3, 0.4) is 0 Å². The van der Waals surface area contributed by atoms with E-state index in [0.29, 0.717) is 5.82 Å². The van der Waals surface area contributed by atoms with Crippen LogP contribution >= 0.6 is 0 Å². The number of rotatable bonds is 7. The van der Waals surface area contributed by atoms with Gasteiger partial charge in [0.05, 0.1) is 16.8 Å². The van der Waals surface area contributed by atoms with Crippen molar-refractivity contribution in [3.8, 4) is 67.3 Å². The zero-order valence-corrected chi connectivity index (χ0v) is 36.6. The standard InChI is InChI=1S/C65H42N2/c1-5-20-44(21-6-1)61-42-62(45-22-7-2-8-23-45)67-64(66-61)59-40-39-56(53-31-17-18-32-54(53)59)55-38-37-49(51-29-15-16-30-52(51)55)46-34-35-57-58-36-33-43-19-13-14-28-50(43)63(58)65(60(57)41-46,47-24-9-3-10-25-47)48-26-11-4-12-27-48/h1-42H. The quantitative estimate of drug-likeness (QED) is 0.160. The Kier molecular flexibility index (Phi) is 9.11. The lowest BCUT2D eigenvalue weighted by Gasteiger charge is -2.35. The average molecular weight is 851 g/mol. The first-order chi connectivity index (χ1) is 33.2. The van der Waals surface area contributed by atoms with E-state index in [1.807, 2.05) is 12.1 Å². The first-order valence-electron chi connectivity index (χ1n) is 23.1. The fourth-order valence-electron chi connectivity index (χ4n) is 11.0. The van der Waals surface area contributed by atoms with Crippen LogP contribution in [0.15, 0.2) is 255 Å². The van der Waals surface area contributed by atoms with E-state index in [0.717, 1.165) is 38.9 Å². The Morgan fingerprint density at radius 3 is 1.25 bits per heavy atom. The second-order valence-electron chi connectivity index (χ2n) is 17.6. The highest BCUT2D eigenvalue weighted by atomic mass is 14.9. The predicted octanol–water partition coefficient (Wildman–Crippen LogP) is 16.6. The Morgan fingerprint density at radius 2 is 0.687 bits per heavy atom. The van der Waals surface area contributed by atoms with Crippen molar-refractivity contribution >= 4 is 32.3 Å². The van der Waals surface area contributed by atoms with E-state index in [4.69, 9.17) is 9.97 Å². The highest BCUT2D eigenvalue weighted by Gasteiger charge is 2.47. The summed E-state index contributed by atoms with van der Waals surface area (Å²) in [4.78, 5) is 10.5. The lowest BCUT2D eigenvalue weighted by molar-refractivity contribution is 0.776. The van der Waals surface area contributed by atoms with Crippen LogP contribution in [0.25, 0.3) is 99.6 Å². The molecule has 2 heteroatoms. The van der Waals surface area contributed by atoms with E-state index in [9.17, 15) is 0 Å². The van der Waals surface area contributed by atoms with Gasteiger partial charge >= 0.3 is 0 Å². The summed E-state index contributed by atoms with van der Waals surface area (Å²) >= 11 is 0. The van der Waals surface area contributed by atoms with Crippen molar-refractivity contribution in [3.05, 3.63) is 277 Å². The van der Waals surface area contributed by atoms with Gasteiger partial charge in [-0.15, -0.1) is 0 Å². The van der Waals surface area contributed by atoms with Crippen LogP contribution in [-0.4, -0.2) is 9.97 Å². The van der Waals surface area contributed by atoms with Gasteiger partial charge in [-0.25, -0.2) is 9.97 Å². The minimum Gasteiger partial charge on any atom is -0.228 e. The summed E-state index contributed by atoms with van der Waals surface area (Å²) in [7, 11) is 0. The van der Waals surface area contributed by atoms with Crippen LogP contribution in [0, 0.1) is 0 Å². The van der Waals surface area contributed by atoms with Crippen LogP contribution in [0.2, 0.25) is 0 Å². The average Bonchev–Trinajstić information content (AvgIpc) is 3.72. The Hall–Kier alpha value is -8.72. The van der Waals surface area contributed by atoms with E-state index in [2.05, 4.69) is 243 Å². The van der Waals surface area contributed by atoms with Crippen molar-refractivity contribution in [1.82, 2.24) is 9.97 Å². The van der Waals surface area contributed by atoms with Gasteiger partial charge in [0.2, 0.25) is 0 Å². The molecule has 0 fully saturated rings. The molecule has 0 amide bonds. The highest BCUT2D eigenvalue weighted by Crippen LogP contribution is 2.59. The van der Waals surface area contributed by atoms with Crippen LogP contribution < -0.4 is 0 Å². The van der Waals surface area contributed by atoms with Gasteiger partial charge in [0.1, 0.15) is 0 Å². The number of nitrogens with zero attached hydrogens (tertiary/aromatic N) is 2. The molecule has 0 N–H and O–H groups in total. The highest BCUT2D eigenvalue weighted by molar-refractivity contribution is 6.12. The van der Waals surface area contributed by atoms with Crippen molar-refractivity contribution in [2.24, 2.45) is 0 Å². The van der Waals surface area contributed by atoms with Crippen molar-refractivity contribution in [2.75, 3.05) is 0 Å². The molecule has 67 heavy (non-hydrogen) atoms. The normalized spacial score (nSPS) is 12.6. The maximum absolute atomic E-state index is 5.24. The third-order valence-corrected chi connectivity index (χ3v) is 14.0. The smallest absolute Gasteiger partial charge is 0.161 e. The first-order valence-corrected chi connectivity index (χ1v) is 23.1. The first kappa shape index (κ1) is 38.7. The summed E-state index contributed by atoms with van der Waals surface area (Å²) in [6.07, 6.45) is 0. The molecule has 1 aromatic heterocycles. The zero-order chi connectivity index (χ0) is 44.3. The summed E-state index contributed by atoms with van der Waals surface area (Å²) in [6.45, 7) is 0.